The van der Waals surface area contributed by atoms with Crippen molar-refractivity contribution in [2.24, 2.45) is 5.92 Å². The largest absolute Gasteiger partial charge is 0.369 e. The number of rotatable bonds is 3. The molecular formula is C16H26N2. The van der Waals surface area contributed by atoms with Crippen LogP contribution in [0.25, 0.3) is 0 Å². The number of nitrogens with zero attached hydrogens (tertiary/aromatic N) is 1. The normalized spacial score (nSPS) is 18.6. The van der Waals surface area contributed by atoms with Crippen LogP contribution in [0.15, 0.2) is 24.3 Å². The van der Waals surface area contributed by atoms with E-state index >= 15 is 0 Å². The highest BCUT2D eigenvalue weighted by atomic mass is 15.2. The van der Waals surface area contributed by atoms with Crippen LogP contribution in [0.1, 0.15) is 39.7 Å². The molecule has 1 aromatic rings. The summed E-state index contributed by atoms with van der Waals surface area (Å²) in [6.07, 6.45) is 1.25. The molecular weight excluding hydrogens is 220 g/mol. The van der Waals surface area contributed by atoms with Gasteiger partial charge in [-0.2, -0.15) is 0 Å². The molecule has 100 valence electrons. The molecule has 0 bridgehead atoms. The Kier molecular flexibility index (Phi) is 3.96. The van der Waals surface area contributed by atoms with Crippen molar-refractivity contribution >= 4 is 5.69 Å². The van der Waals surface area contributed by atoms with E-state index in [-0.39, 0.29) is 5.54 Å². The number of benzene rings is 1. The van der Waals surface area contributed by atoms with Crippen molar-refractivity contribution in [1.82, 2.24) is 5.32 Å². The van der Waals surface area contributed by atoms with Crippen LogP contribution >= 0.6 is 0 Å². The van der Waals surface area contributed by atoms with Gasteiger partial charge in [-0.3, -0.25) is 0 Å². The van der Waals surface area contributed by atoms with E-state index in [1.165, 1.54) is 17.7 Å². The van der Waals surface area contributed by atoms with Crippen molar-refractivity contribution in [2.75, 3.05) is 18.0 Å². The van der Waals surface area contributed by atoms with Gasteiger partial charge in [0.1, 0.15) is 0 Å². The van der Waals surface area contributed by atoms with Crippen LogP contribution in [0, 0.1) is 5.92 Å². The average molecular weight is 246 g/mol. The minimum Gasteiger partial charge on any atom is -0.369 e. The van der Waals surface area contributed by atoms with Crippen LogP contribution in [0.5, 0.6) is 0 Å². The van der Waals surface area contributed by atoms with Gasteiger partial charge < -0.3 is 10.2 Å². The molecule has 1 aliphatic heterocycles. The lowest BCUT2D eigenvalue weighted by molar-refractivity contribution is 0.391. The van der Waals surface area contributed by atoms with Gasteiger partial charge in [-0.15, -0.1) is 0 Å². The number of hydrogen-bond donors (Lipinski definition) is 1. The van der Waals surface area contributed by atoms with Crippen LogP contribution in [0.3, 0.4) is 0 Å². The Hall–Kier alpha value is -1.02. The summed E-state index contributed by atoms with van der Waals surface area (Å²) in [4.78, 5) is 2.55. The molecule has 2 rings (SSSR count). The minimum absolute atomic E-state index is 0.177. The topological polar surface area (TPSA) is 15.3 Å². The van der Waals surface area contributed by atoms with Gasteiger partial charge in [0.15, 0.2) is 0 Å². The van der Waals surface area contributed by atoms with Gasteiger partial charge in [0, 0.05) is 30.9 Å². The van der Waals surface area contributed by atoms with Gasteiger partial charge in [-0.05, 0) is 37.8 Å². The van der Waals surface area contributed by atoms with Crippen molar-refractivity contribution < 1.29 is 0 Å². The number of hydrogen-bond acceptors (Lipinski definition) is 2. The summed E-state index contributed by atoms with van der Waals surface area (Å²) >= 11 is 0. The molecule has 2 heteroatoms. The lowest BCUT2D eigenvalue weighted by Crippen LogP contribution is -2.47. The first kappa shape index (κ1) is 13.4. The lowest BCUT2D eigenvalue weighted by atomic mass is 10.0. The average Bonchev–Trinajstić information content (AvgIpc) is 2.44. The number of anilines is 1. The second kappa shape index (κ2) is 5.31. The van der Waals surface area contributed by atoms with Crippen molar-refractivity contribution in [2.45, 2.75) is 46.2 Å². The molecule has 1 heterocycles. The van der Waals surface area contributed by atoms with E-state index in [2.05, 4.69) is 62.2 Å². The first-order valence-corrected chi connectivity index (χ1v) is 7.06. The fourth-order valence-corrected chi connectivity index (χ4v) is 2.54. The first-order chi connectivity index (χ1) is 8.48. The number of nitrogens with one attached hydrogen (secondary N) is 1. The third-order valence-electron chi connectivity index (χ3n) is 3.65. The summed E-state index contributed by atoms with van der Waals surface area (Å²) in [5.41, 5.74) is 3.01. The standard InChI is InChI=1S/C16H26N2/c1-13(2)9-10-18-12-16(3,4)17-11-14-7-5-6-8-15(14)18/h5-8,13,17H,9-12H2,1-4H3. The zero-order valence-corrected chi connectivity index (χ0v) is 12.2. The molecule has 0 aromatic heterocycles. The van der Waals surface area contributed by atoms with Crippen molar-refractivity contribution in [3.63, 3.8) is 0 Å². The molecule has 0 saturated heterocycles. The van der Waals surface area contributed by atoms with Gasteiger partial charge in [0.25, 0.3) is 0 Å². The molecule has 1 aliphatic rings. The van der Waals surface area contributed by atoms with E-state index in [0.717, 1.165) is 25.6 Å². The van der Waals surface area contributed by atoms with E-state index in [4.69, 9.17) is 0 Å². The third-order valence-corrected chi connectivity index (χ3v) is 3.65. The van der Waals surface area contributed by atoms with E-state index < -0.39 is 0 Å². The molecule has 0 amide bonds. The number of fused-ring (bicyclic) bond motifs is 1. The zero-order chi connectivity index (χ0) is 13.2. The Morgan fingerprint density at radius 2 is 2.00 bits per heavy atom. The van der Waals surface area contributed by atoms with Crippen LogP contribution in [0.2, 0.25) is 0 Å². The van der Waals surface area contributed by atoms with Gasteiger partial charge in [0.2, 0.25) is 0 Å². The van der Waals surface area contributed by atoms with Crippen molar-refractivity contribution in [3.8, 4) is 0 Å². The second-order valence-corrected chi connectivity index (χ2v) is 6.47. The molecule has 1 N–H and O–H groups in total. The highest BCUT2D eigenvalue weighted by molar-refractivity contribution is 5.55. The molecule has 2 nitrogen and oxygen atoms in total. The highest BCUT2D eigenvalue weighted by Gasteiger charge is 2.26. The molecule has 1 aromatic carbocycles. The molecule has 18 heavy (non-hydrogen) atoms. The van der Waals surface area contributed by atoms with Crippen LogP contribution in [-0.2, 0) is 6.54 Å². The Balaban J connectivity index is 2.23. The highest BCUT2D eigenvalue weighted by Crippen LogP contribution is 2.26. The SMILES string of the molecule is CC(C)CCN1CC(C)(C)NCc2ccccc21. The predicted molar refractivity (Wildman–Crippen MR) is 79.0 cm³/mol. The summed E-state index contributed by atoms with van der Waals surface area (Å²) in [5.74, 6) is 0.761. The van der Waals surface area contributed by atoms with E-state index in [9.17, 15) is 0 Å². The summed E-state index contributed by atoms with van der Waals surface area (Å²) in [5, 5.41) is 3.65. The van der Waals surface area contributed by atoms with Gasteiger partial charge in [0.05, 0.1) is 0 Å². The lowest BCUT2D eigenvalue weighted by Gasteiger charge is -2.32. The minimum atomic E-state index is 0.177. The summed E-state index contributed by atoms with van der Waals surface area (Å²) in [7, 11) is 0. The Labute approximate surface area is 111 Å². The predicted octanol–water partition coefficient (Wildman–Crippen LogP) is 3.42. The zero-order valence-electron chi connectivity index (χ0n) is 12.2. The summed E-state index contributed by atoms with van der Waals surface area (Å²) < 4.78 is 0. The Morgan fingerprint density at radius 3 is 2.72 bits per heavy atom. The molecule has 0 fully saturated rings. The van der Waals surface area contributed by atoms with Gasteiger partial charge in [-0.1, -0.05) is 32.0 Å². The molecule has 0 atom stereocenters. The first-order valence-electron chi connectivity index (χ1n) is 7.06. The third kappa shape index (κ3) is 3.26. The van der Waals surface area contributed by atoms with Crippen molar-refractivity contribution in [3.05, 3.63) is 29.8 Å². The van der Waals surface area contributed by atoms with E-state index in [0.29, 0.717) is 0 Å². The molecule has 0 aliphatic carbocycles. The van der Waals surface area contributed by atoms with Crippen molar-refractivity contribution in [1.29, 1.82) is 0 Å². The maximum Gasteiger partial charge on any atom is 0.0412 e. The monoisotopic (exact) mass is 246 g/mol. The van der Waals surface area contributed by atoms with Crippen LogP contribution < -0.4 is 10.2 Å². The quantitative estimate of drug-likeness (QED) is 0.879. The summed E-state index contributed by atoms with van der Waals surface area (Å²) in [6, 6.07) is 8.80. The Morgan fingerprint density at radius 1 is 1.28 bits per heavy atom. The molecule has 0 saturated carbocycles. The van der Waals surface area contributed by atoms with Crippen LogP contribution in [-0.4, -0.2) is 18.6 Å². The molecule has 0 unspecified atom stereocenters. The second-order valence-electron chi connectivity index (χ2n) is 6.47. The van der Waals surface area contributed by atoms with E-state index in [1.54, 1.807) is 0 Å². The number of para-hydroxylation sites is 1. The van der Waals surface area contributed by atoms with Gasteiger partial charge in [-0.25, -0.2) is 0 Å². The summed E-state index contributed by atoms with van der Waals surface area (Å²) in [6.45, 7) is 12.4. The molecule has 0 spiro atoms. The maximum atomic E-state index is 3.65. The van der Waals surface area contributed by atoms with Gasteiger partial charge >= 0.3 is 0 Å². The fraction of sp³-hybridized carbons (Fsp3) is 0.625. The van der Waals surface area contributed by atoms with Crippen LogP contribution in [0.4, 0.5) is 5.69 Å². The fourth-order valence-electron chi connectivity index (χ4n) is 2.54. The molecule has 0 radical (unpaired) electrons. The van der Waals surface area contributed by atoms with E-state index in [1.807, 2.05) is 0 Å². The Bertz CT molecular complexity index is 396. The smallest absolute Gasteiger partial charge is 0.0412 e. The maximum absolute atomic E-state index is 3.65.